The molecule has 0 aliphatic heterocycles. The lowest BCUT2D eigenvalue weighted by Crippen LogP contribution is -2.04. The third-order valence-corrected chi connectivity index (χ3v) is 2.45. The number of anilines is 1. The summed E-state index contributed by atoms with van der Waals surface area (Å²) < 4.78 is 16.0. The van der Waals surface area contributed by atoms with Gasteiger partial charge in [0.1, 0.15) is 0 Å². The average Bonchev–Trinajstić information content (AvgIpc) is 2.59. The fourth-order valence-electron chi connectivity index (χ4n) is 1.32. The van der Waals surface area contributed by atoms with E-state index in [1.807, 2.05) is 0 Å². The maximum absolute atomic E-state index is 13.5. The number of nitrogens with zero attached hydrogens (tertiary/aromatic N) is 2. The first-order valence-corrected chi connectivity index (χ1v) is 5.17. The van der Waals surface area contributed by atoms with Crippen LogP contribution in [0.3, 0.4) is 0 Å². The van der Waals surface area contributed by atoms with Crippen molar-refractivity contribution >= 4 is 21.6 Å². The van der Waals surface area contributed by atoms with Gasteiger partial charge in [0.15, 0.2) is 5.82 Å². The van der Waals surface area contributed by atoms with Crippen molar-refractivity contribution in [1.29, 1.82) is 0 Å². The molecule has 2 aromatic rings. The number of rotatable bonds is 2. The summed E-state index contributed by atoms with van der Waals surface area (Å²) in [7, 11) is 0. The fraction of sp³-hybridized carbons (Fsp3) is 0.100. The molecule has 1 aromatic heterocycles. The largest absolute Gasteiger partial charge is 0.396 e. The summed E-state index contributed by atoms with van der Waals surface area (Å²) in [6.07, 6.45) is 3.44. The molecule has 2 rings (SSSR count). The highest BCUT2D eigenvalue weighted by Crippen LogP contribution is 2.16. The van der Waals surface area contributed by atoms with E-state index in [0.29, 0.717) is 12.1 Å². The van der Waals surface area contributed by atoms with Gasteiger partial charge in [0, 0.05) is 11.8 Å². The second-order valence-corrected chi connectivity index (χ2v) is 4.09. The molecule has 1 heterocycles. The molecule has 0 unspecified atom stereocenters. The maximum Gasteiger partial charge on any atom is 0.151 e. The monoisotopic (exact) mass is 269 g/mol. The number of hydrogen-bond donors (Lipinski definition) is 1. The van der Waals surface area contributed by atoms with Crippen LogP contribution in [-0.4, -0.2) is 9.78 Å². The van der Waals surface area contributed by atoms with E-state index in [0.717, 1.165) is 4.47 Å². The quantitative estimate of drug-likeness (QED) is 0.851. The van der Waals surface area contributed by atoms with Gasteiger partial charge in [-0.1, -0.05) is 12.1 Å². The van der Waals surface area contributed by atoms with Crippen molar-refractivity contribution in [2.45, 2.75) is 6.54 Å². The molecule has 0 aliphatic rings. The molecular weight excluding hydrogens is 261 g/mol. The van der Waals surface area contributed by atoms with Crippen LogP contribution in [0.2, 0.25) is 0 Å². The van der Waals surface area contributed by atoms with Gasteiger partial charge in [-0.05, 0) is 22.0 Å². The molecule has 0 amide bonds. The number of benzene rings is 1. The highest BCUT2D eigenvalue weighted by Gasteiger charge is 2.06. The molecule has 0 atom stereocenters. The van der Waals surface area contributed by atoms with E-state index in [1.165, 1.54) is 6.07 Å². The number of aromatic nitrogens is 2. The van der Waals surface area contributed by atoms with E-state index in [1.54, 1.807) is 29.2 Å². The molecule has 0 spiro atoms. The van der Waals surface area contributed by atoms with E-state index >= 15 is 0 Å². The van der Waals surface area contributed by atoms with Gasteiger partial charge in [-0.15, -0.1) is 0 Å². The molecule has 0 saturated carbocycles. The van der Waals surface area contributed by atoms with E-state index in [9.17, 15) is 4.39 Å². The van der Waals surface area contributed by atoms with Crippen molar-refractivity contribution in [3.05, 3.63) is 46.4 Å². The van der Waals surface area contributed by atoms with Gasteiger partial charge in [-0.25, -0.2) is 4.39 Å². The Balaban J connectivity index is 2.28. The minimum absolute atomic E-state index is 0.165. The fourth-order valence-corrected chi connectivity index (χ4v) is 1.65. The summed E-state index contributed by atoms with van der Waals surface area (Å²) in [5, 5.41) is 4.04. The Morgan fingerprint density at radius 3 is 2.93 bits per heavy atom. The van der Waals surface area contributed by atoms with Gasteiger partial charge in [0.05, 0.1) is 22.9 Å². The Labute approximate surface area is 94.8 Å². The molecule has 3 nitrogen and oxygen atoms in total. The third-order valence-electron chi connectivity index (χ3n) is 2.04. The van der Waals surface area contributed by atoms with E-state index in [4.69, 9.17) is 5.73 Å². The normalized spacial score (nSPS) is 10.5. The van der Waals surface area contributed by atoms with Gasteiger partial charge in [0.25, 0.3) is 0 Å². The minimum atomic E-state index is -0.371. The molecule has 78 valence electrons. The van der Waals surface area contributed by atoms with Gasteiger partial charge in [-0.2, -0.15) is 5.10 Å². The van der Waals surface area contributed by atoms with Crippen molar-refractivity contribution < 1.29 is 4.39 Å². The summed E-state index contributed by atoms with van der Waals surface area (Å²) in [6.45, 7) is 0.377. The second-order valence-electron chi connectivity index (χ2n) is 3.18. The molecule has 1 aromatic carbocycles. The number of nitrogen functional groups attached to an aromatic ring is 1. The zero-order valence-corrected chi connectivity index (χ0v) is 9.41. The Kier molecular flexibility index (Phi) is 2.73. The zero-order valence-electron chi connectivity index (χ0n) is 7.82. The first-order valence-electron chi connectivity index (χ1n) is 4.37. The lowest BCUT2D eigenvalue weighted by Gasteiger charge is -2.05. The highest BCUT2D eigenvalue weighted by molar-refractivity contribution is 9.10. The number of nitrogens with two attached hydrogens (primary N) is 1. The van der Waals surface area contributed by atoms with Crippen LogP contribution in [0.25, 0.3) is 0 Å². The summed E-state index contributed by atoms with van der Waals surface area (Å²) >= 11 is 3.28. The molecule has 0 saturated heterocycles. The smallest absolute Gasteiger partial charge is 0.151 e. The molecule has 5 heteroatoms. The summed E-state index contributed by atoms with van der Waals surface area (Å²) in [5.41, 5.74) is 6.16. The third kappa shape index (κ3) is 2.18. The van der Waals surface area contributed by atoms with Crippen molar-refractivity contribution in [2.24, 2.45) is 0 Å². The summed E-state index contributed by atoms with van der Waals surface area (Å²) in [4.78, 5) is 0. The molecular formula is C10H9BrFN3. The van der Waals surface area contributed by atoms with Crippen LogP contribution in [0.5, 0.6) is 0 Å². The van der Waals surface area contributed by atoms with E-state index < -0.39 is 0 Å². The summed E-state index contributed by atoms with van der Waals surface area (Å²) in [5.74, 6) is -0.371. The number of hydrogen-bond acceptors (Lipinski definition) is 2. The molecule has 0 radical (unpaired) electrons. The summed E-state index contributed by atoms with van der Waals surface area (Å²) in [6, 6.07) is 4.96. The van der Waals surface area contributed by atoms with Crippen LogP contribution in [-0.2, 0) is 6.54 Å². The predicted octanol–water partition coefficient (Wildman–Crippen LogP) is 2.42. The van der Waals surface area contributed by atoms with Gasteiger partial charge in [0.2, 0.25) is 0 Å². The van der Waals surface area contributed by atoms with Gasteiger partial charge >= 0.3 is 0 Å². The van der Waals surface area contributed by atoms with Gasteiger partial charge < -0.3 is 5.73 Å². The molecule has 2 N–H and O–H groups in total. The van der Waals surface area contributed by atoms with Crippen molar-refractivity contribution in [3.63, 3.8) is 0 Å². The average molecular weight is 270 g/mol. The molecule has 15 heavy (non-hydrogen) atoms. The molecule has 0 bridgehead atoms. The van der Waals surface area contributed by atoms with E-state index in [-0.39, 0.29) is 11.5 Å². The minimum Gasteiger partial charge on any atom is -0.396 e. The Hall–Kier alpha value is -1.36. The van der Waals surface area contributed by atoms with Crippen LogP contribution in [0.1, 0.15) is 5.56 Å². The van der Waals surface area contributed by atoms with Crippen molar-refractivity contribution in [1.82, 2.24) is 9.78 Å². The standard InChI is InChI=1S/C10H9BrFN3/c11-8-4-14-15(6-8)5-7-2-1-3-9(13)10(7)12/h1-4,6H,5,13H2. The Morgan fingerprint density at radius 2 is 2.27 bits per heavy atom. The van der Waals surface area contributed by atoms with Crippen LogP contribution >= 0.6 is 15.9 Å². The predicted molar refractivity (Wildman–Crippen MR) is 59.8 cm³/mol. The lowest BCUT2D eigenvalue weighted by atomic mass is 10.2. The van der Waals surface area contributed by atoms with Crippen LogP contribution in [0.4, 0.5) is 10.1 Å². The van der Waals surface area contributed by atoms with Crippen LogP contribution < -0.4 is 5.73 Å². The molecule has 0 aliphatic carbocycles. The zero-order chi connectivity index (χ0) is 10.8. The van der Waals surface area contributed by atoms with Crippen molar-refractivity contribution in [3.8, 4) is 0 Å². The lowest BCUT2D eigenvalue weighted by molar-refractivity contribution is 0.589. The Morgan fingerprint density at radius 1 is 1.47 bits per heavy atom. The first kappa shape index (κ1) is 10.2. The van der Waals surface area contributed by atoms with Crippen LogP contribution in [0, 0.1) is 5.82 Å². The molecule has 0 fully saturated rings. The maximum atomic E-state index is 13.5. The van der Waals surface area contributed by atoms with Gasteiger partial charge in [-0.3, -0.25) is 4.68 Å². The highest BCUT2D eigenvalue weighted by atomic mass is 79.9. The first-order chi connectivity index (χ1) is 7.16. The van der Waals surface area contributed by atoms with Crippen LogP contribution in [0.15, 0.2) is 35.1 Å². The number of halogens is 2. The second kappa shape index (κ2) is 4.02. The van der Waals surface area contributed by atoms with E-state index in [2.05, 4.69) is 21.0 Å². The Bertz CT molecular complexity index is 481. The SMILES string of the molecule is Nc1cccc(Cn2cc(Br)cn2)c1F. The topological polar surface area (TPSA) is 43.8 Å². The van der Waals surface area contributed by atoms with Crippen molar-refractivity contribution in [2.75, 3.05) is 5.73 Å².